The van der Waals surface area contributed by atoms with Crippen LogP contribution in [0.5, 0.6) is 0 Å². The number of hydrogen-bond donors (Lipinski definition) is 0. The molecule has 1 aliphatic carbocycles. The summed E-state index contributed by atoms with van der Waals surface area (Å²) in [5, 5.41) is 0. The van der Waals surface area contributed by atoms with Crippen molar-refractivity contribution in [2.75, 3.05) is 7.05 Å². The van der Waals surface area contributed by atoms with Gasteiger partial charge in [-0.3, -0.25) is 9.98 Å². The van der Waals surface area contributed by atoms with E-state index in [0.717, 1.165) is 5.71 Å². The molecule has 0 atom stereocenters. The van der Waals surface area contributed by atoms with Crippen LogP contribution in [0.15, 0.2) is 41.5 Å². The number of rotatable bonds is 3. The standard InChI is InChI=1S/C18H20N2/c1-12-4-5-13(2)16(10-12)18(19-3)15-8-9-20-17(11-15)14-6-7-14/h4-5,8-11,14H,6-7H2,1-3H3. The van der Waals surface area contributed by atoms with Crippen LogP contribution in [0.3, 0.4) is 0 Å². The zero-order valence-corrected chi connectivity index (χ0v) is 12.4. The Hall–Kier alpha value is -1.96. The summed E-state index contributed by atoms with van der Waals surface area (Å²) in [5.74, 6) is 0.673. The maximum absolute atomic E-state index is 4.54. The molecular formula is C18H20N2. The predicted octanol–water partition coefficient (Wildman–Crippen LogP) is 4.04. The number of hydrogen-bond acceptors (Lipinski definition) is 2. The van der Waals surface area contributed by atoms with Crippen molar-refractivity contribution < 1.29 is 0 Å². The summed E-state index contributed by atoms with van der Waals surface area (Å²) in [6, 6.07) is 10.8. The molecule has 2 nitrogen and oxygen atoms in total. The van der Waals surface area contributed by atoms with Crippen LogP contribution in [0.25, 0.3) is 0 Å². The van der Waals surface area contributed by atoms with Gasteiger partial charge in [-0.15, -0.1) is 0 Å². The van der Waals surface area contributed by atoms with Crippen LogP contribution < -0.4 is 0 Å². The predicted molar refractivity (Wildman–Crippen MR) is 83.7 cm³/mol. The second-order valence-electron chi connectivity index (χ2n) is 5.63. The number of pyridine rings is 1. The Morgan fingerprint density at radius 2 is 1.95 bits per heavy atom. The van der Waals surface area contributed by atoms with Crippen LogP contribution in [0.4, 0.5) is 0 Å². The molecule has 2 aromatic rings. The molecule has 0 bridgehead atoms. The third-order valence-corrected chi connectivity index (χ3v) is 3.92. The lowest BCUT2D eigenvalue weighted by Gasteiger charge is -2.11. The highest BCUT2D eigenvalue weighted by Gasteiger charge is 2.25. The van der Waals surface area contributed by atoms with E-state index in [1.807, 2.05) is 13.2 Å². The van der Waals surface area contributed by atoms with E-state index in [1.54, 1.807) is 0 Å². The van der Waals surface area contributed by atoms with E-state index in [4.69, 9.17) is 0 Å². The topological polar surface area (TPSA) is 25.2 Å². The smallest absolute Gasteiger partial charge is 0.0719 e. The summed E-state index contributed by atoms with van der Waals surface area (Å²) >= 11 is 0. The minimum Gasteiger partial charge on any atom is -0.287 e. The molecule has 0 spiro atoms. The third-order valence-electron chi connectivity index (χ3n) is 3.92. The Kier molecular flexibility index (Phi) is 3.39. The van der Waals surface area contributed by atoms with Crippen LogP contribution in [-0.4, -0.2) is 17.7 Å². The molecule has 0 amide bonds. The van der Waals surface area contributed by atoms with Crippen LogP contribution in [-0.2, 0) is 0 Å². The number of nitrogens with zero attached hydrogens (tertiary/aromatic N) is 2. The maximum Gasteiger partial charge on any atom is 0.0719 e. The van der Waals surface area contributed by atoms with Crippen LogP contribution in [0, 0.1) is 13.8 Å². The van der Waals surface area contributed by atoms with Gasteiger partial charge in [0.1, 0.15) is 0 Å². The highest BCUT2D eigenvalue weighted by atomic mass is 14.7. The first-order chi connectivity index (χ1) is 9.69. The van der Waals surface area contributed by atoms with Crippen molar-refractivity contribution in [2.45, 2.75) is 32.6 Å². The summed E-state index contributed by atoms with van der Waals surface area (Å²) in [7, 11) is 1.87. The number of aryl methyl sites for hydroxylation is 2. The van der Waals surface area contributed by atoms with Gasteiger partial charge in [-0.1, -0.05) is 17.7 Å². The largest absolute Gasteiger partial charge is 0.287 e. The molecule has 0 N–H and O–H groups in total. The molecule has 1 fully saturated rings. The van der Waals surface area contributed by atoms with Gasteiger partial charge in [0.15, 0.2) is 0 Å². The Balaban J connectivity index is 2.05. The molecule has 0 radical (unpaired) electrons. The van der Waals surface area contributed by atoms with Crippen molar-refractivity contribution in [3.8, 4) is 0 Å². The number of aromatic nitrogens is 1. The zero-order valence-electron chi connectivity index (χ0n) is 12.4. The first kappa shape index (κ1) is 13.0. The molecule has 0 saturated heterocycles. The molecule has 1 aromatic heterocycles. The minimum atomic E-state index is 0.673. The fourth-order valence-electron chi connectivity index (χ4n) is 2.59. The SMILES string of the molecule is CN=C(c1ccnc(C2CC2)c1)c1cc(C)ccc1C. The van der Waals surface area contributed by atoms with Crippen molar-refractivity contribution in [3.63, 3.8) is 0 Å². The molecule has 1 saturated carbocycles. The van der Waals surface area contributed by atoms with E-state index in [1.165, 1.54) is 40.8 Å². The van der Waals surface area contributed by atoms with Gasteiger partial charge in [-0.05, 0) is 50.5 Å². The second kappa shape index (κ2) is 5.20. The third kappa shape index (κ3) is 2.51. The van der Waals surface area contributed by atoms with Gasteiger partial charge in [0, 0.05) is 36.0 Å². The molecule has 0 unspecified atom stereocenters. The first-order valence-corrected chi connectivity index (χ1v) is 7.20. The van der Waals surface area contributed by atoms with Gasteiger partial charge in [-0.25, -0.2) is 0 Å². The lowest BCUT2D eigenvalue weighted by Crippen LogP contribution is -2.07. The fraction of sp³-hybridized carbons (Fsp3) is 0.333. The summed E-state index contributed by atoms with van der Waals surface area (Å²) in [4.78, 5) is 9.04. The molecular weight excluding hydrogens is 244 g/mol. The normalized spacial score (nSPS) is 15.4. The van der Waals surface area contributed by atoms with E-state index in [2.05, 4.69) is 54.2 Å². The van der Waals surface area contributed by atoms with E-state index in [-0.39, 0.29) is 0 Å². The molecule has 2 heteroatoms. The average Bonchev–Trinajstić information content (AvgIpc) is 3.28. The molecule has 0 aliphatic heterocycles. The highest BCUT2D eigenvalue weighted by Crippen LogP contribution is 2.39. The van der Waals surface area contributed by atoms with Crippen LogP contribution in [0.2, 0.25) is 0 Å². The van der Waals surface area contributed by atoms with Crippen molar-refractivity contribution in [1.29, 1.82) is 0 Å². The van der Waals surface area contributed by atoms with Crippen molar-refractivity contribution in [2.24, 2.45) is 4.99 Å². The van der Waals surface area contributed by atoms with Gasteiger partial charge >= 0.3 is 0 Å². The highest BCUT2D eigenvalue weighted by molar-refractivity contribution is 6.13. The van der Waals surface area contributed by atoms with Gasteiger partial charge in [-0.2, -0.15) is 0 Å². The molecule has 3 rings (SSSR count). The van der Waals surface area contributed by atoms with E-state index < -0.39 is 0 Å². The summed E-state index contributed by atoms with van der Waals surface area (Å²) in [5.41, 5.74) is 7.22. The first-order valence-electron chi connectivity index (χ1n) is 7.20. The quantitative estimate of drug-likeness (QED) is 0.768. The Labute approximate surface area is 120 Å². The van der Waals surface area contributed by atoms with Gasteiger partial charge in [0.25, 0.3) is 0 Å². The Morgan fingerprint density at radius 3 is 2.65 bits per heavy atom. The summed E-state index contributed by atoms with van der Waals surface area (Å²) in [6.07, 6.45) is 4.47. The summed E-state index contributed by atoms with van der Waals surface area (Å²) < 4.78 is 0. The number of benzene rings is 1. The Bertz CT molecular complexity index is 667. The maximum atomic E-state index is 4.54. The van der Waals surface area contributed by atoms with Gasteiger partial charge < -0.3 is 0 Å². The molecule has 102 valence electrons. The van der Waals surface area contributed by atoms with Crippen molar-refractivity contribution in [1.82, 2.24) is 4.98 Å². The zero-order chi connectivity index (χ0) is 14.1. The lowest BCUT2D eigenvalue weighted by atomic mass is 9.96. The van der Waals surface area contributed by atoms with Gasteiger partial charge in [0.05, 0.1) is 5.71 Å². The molecule has 1 aliphatic rings. The average molecular weight is 264 g/mol. The number of aliphatic imine (C=N–C) groups is 1. The second-order valence-corrected chi connectivity index (χ2v) is 5.63. The fourth-order valence-corrected chi connectivity index (χ4v) is 2.59. The minimum absolute atomic E-state index is 0.673. The van der Waals surface area contributed by atoms with Gasteiger partial charge in [0.2, 0.25) is 0 Å². The van der Waals surface area contributed by atoms with Crippen molar-refractivity contribution in [3.05, 3.63) is 64.5 Å². The van der Waals surface area contributed by atoms with E-state index in [9.17, 15) is 0 Å². The molecule has 1 aromatic carbocycles. The van der Waals surface area contributed by atoms with Crippen LogP contribution >= 0.6 is 0 Å². The Morgan fingerprint density at radius 1 is 1.15 bits per heavy atom. The molecule has 1 heterocycles. The van der Waals surface area contributed by atoms with Crippen LogP contribution in [0.1, 0.15) is 46.7 Å². The summed E-state index contributed by atoms with van der Waals surface area (Å²) in [6.45, 7) is 4.27. The molecule has 20 heavy (non-hydrogen) atoms. The lowest BCUT2D eigenvalue weighted by molar-refractivity contribution is 1.02. The van der Waals surface area contributed by atoms with E-state index in [0.29, 0.717) is 5.92 Å². The van der Waals surface area contributed by atoms with E-state index >= 15 is 0 Å². The monoisotopic (exact) mass is 264 g/mol. The van der Waals surface area contributed by atoms with Crippen molar-refractivity contribution >= 4 is 5.71 Å².